The van der Waals surface area contributed by atoms with Gasteiger partial charge in [0.05, 0.1) is 37.7 Å². The Morgan fingerprint density at radius 3 is 2.61 bits per heavy atom. The monoisotopic (exact) mass is 498 g/mol. The van der Waals surface area contributed by atoms with Gasteiger partial charge in [-0.05, 0) is 43.5 Å². The van der Waals surface area contributed by atoms with Crippen molar-refractivity contribution < 1.29 is 33.7 Å². The van der Waals surface area contributed by atoms with Gasteiger partial charge >= 0.3 is 5.97 Å². The molecule has 3 aliphatic rings. The van der Waals surface area contributed by atoms with Crippen LogP contribution in [0.4, 0.5) is 5.69 Å². The number of anilines is 1. The van der Waals surface area contributed by atoms with Crippen molar-refractivity contribution in [3.63, 3.8) is 0 Å². The third-order valence-corrected chi connectivity index (χ3v) is 7.62. The summed E-state index contributed by atoms with van der Waals surface area (Å²) >= 11 is 0. The smallest absolute Gasteiger partial charge is 0.312 e. The van der Waals surface area contributed by atoms with E-state index in [1.165, 1.54) is 11.0 Å². The van der Waals surface area contributed by atoms with Gasteiger partial charge in [0, 0.05) is 12.2 Å². The zero-order valence-corrected chi connectivity index (χ0v) is 20.8. The molecule has 1 aromatic rings. The van der Waals surface area contributed by atoms with Gasteiger partial charge in [-0.2, -0.15) is 0 Å². The van der Waals surface area contributed by atoms with Crippen molar-refractivity contribution in [3.05, 3.63) is 49.6 Å². The summed E-state index contributed by atoms with van der Waals surface area (Å²) in [5.74, 6) is -2.25. The molecule has 1 aromatic carbocycles. The van der Waals surface area contributed by atoms with Crippen molar-refractivity contribution in [2.75, 3.05) is 31.8 Å². The maximum atomic E-state index is 14.3. The summed E-state index contributed by atoms with van der Waals surface area (Å²) in [6, 6.07) is 5.44. The number of amides is 2. The first-order valence-corrected chi connectivity index (χ1v) is 12.3. The van der Waals surface area contributed by atoms with E-state index in [1.807, 2.05) is 6.92 Å². The van der Waals surface area contributed by atoms with Crippen LogP contribution < -0.4 is 9.64 Å². The molecule has 0 radical (unpaired) electrons. The number of ether oxygens (including phenoxy) is 3. The number of hydrogen-bond acceptors (Lipinski definition) is 7. The summed E-state index contributed by atoms with van der Waals surface area (Å²) in [4.78, 5) is 44.3. The molecular formula is C27H34N2O7. The zero-order valence-electron chi connectivity index (χ0n) is 20.8. The number of benzene rings is 1. The number of fused-ring (bicyclic) bond motifs is 1. The maximum absolute atomic E-state index is 14.3. The Hall–Kier alpha value is -3.17. The Morgan fingerprint density at radius 2 is 2.03 bits per heavy atom. The van der Waals surface area contributed by atoms with Gasteiger partial charge in [0.2, 0.25) is 5.91 Å². The number of hydrogen-bond donors (Lipinski definition) is 1. The first kappa shape index (κ1) is 25.9. The van der Waals surface area contributed by atoms with Crippen molar-refractivity contribution in [1.29, 1.82) is 0 Å². The van der Waals surface area contributed by atoms with Crippen LogP contribution in [-0.4, -0.2) is 78.4 Å². The van der Waals surface area contributed by atoms with Crippen LogP contribution in [0.25, 0.3) is 0 Å². The highest BCUT2D eigenvalue weighted by molar-refractivity contribution is 6.04. The molecule has 9 heteroatoms. The highest BCUT2D eigenvalue weighted by Crippen LogP contribution is 2.59. The predicted octanol–water partition coefficient (Wildman–Crippen LogP) is 2.09. The van der Waals surface area contributed by atoms with Crippen molar-refractivity contribution in [2.45, 2.75) is 50.0 Å². The number of methoxy groups -OCH3 is 1. The van der Waals surface area contributed by atoms with Crippen LogP contribution in [0.2, 0.25) is 0 Å². The summed E-state index contributed by atoms with van der Waals surface area (Å²) in [5, 5.41) is 10.1. The van der Waals surface area contributed by atoms with E-state index >= 15 is 0 Å². The largest absolute Gasteiger partial charge is 0.497 e. The van der Waals surface area contributed by atoms with Gasteiger partial charge in [-0.25, -0.2) is 0 Å². The van der Waals surface area contributed by atoms with Gasteiger partial charge in [0.15, 0.2) is 0 Å². The predicted molar refractivity (Wildman–Crippen MR) is 132 cm³/mol. The molecule has 0 aromatic heterocycles. The lowest BCUT2D eigenvalue weighted by Gasteiger charge is -2.39. The third kappa shape index (κ3) is 4.00. The second kappa shape index (κ2) is 10.4. The molecule has 2 unspecified atom stereocenters. The SMILES string of the molecule is C=CCOC(=O)[C@@H]1[C@H]2C(=O)N([C@@H](CC)CO)C(C(=O)N(CC=C)c3ccc(OC)cc3)C23CC[C@H]1O3. The molecule has 3 saturated heterocycles. The van der Waals surface area contributed by atoms with Crippen LogP contribution >= 0.6 is 0 Å². The van der Waals surface area contributed by atoms with E-state index in [9.17, 15) is 19.5 Å². The minimum absolute atomic E-state index is 0.0286. The lowest BCUT2D eigenvalue weighted by Crippen LogP contribution is -2.59. The van der Waals surface area contributed by atoms with Crippen LogP contribution in [-0.2, 0) is 23.9 Å². The van der Waals surface area contributed by atoms with Crippen LogP contribution in [0.5, 0.6) is 5.75 Å². The maximum Gasteiger partial charge on any atom is 0.312 e. The number of aliphatic hydroxyl groups excluding tert-OH is 1. The van der Waals surface area contributed by atoms with Gasteiger partial charge in [-0.3, -0.25) is 14.4 Å². The number of rotatable bonds is 11. The number of esters is 1. The Balaban J connectivity index is 1.78. The van der Waals surface area contributed by atoms with Gasteiger partial charge in [0.1, 0.15) is 24.0 Å². The first-order chi connectivity index (χ1) is 17.4. The average molecular weight is 499 g/mol. The van der Waals surface area contributed by atoms with Gasteiger partial charge in [0.25, 0.3) is 5.91 Å². The van der Waals surface area contributed by atoms with Crippen molar-refractivity contribution in [3.8, 4) is 5.75 Å². The van der Waals surface area contributed by atoms with Crippen LogP contribution in [0.15, 0.2) is 49.6 Å². The van der Waals surface area contributed by atoms with Crippen molar-refractivity contribution >= 4 is 23.5 Å². The van der Waals surface area contributed by atoms with E-state index in [0.717, 1.165) is 0 Å². The molecule has 3 aliphatic heterocycles. The molecule has 2 amide bonds. The molecule has 6 atom stereocenters. The normalized spacial score (nSPS) is 29.0. The first-order valence-electron chi connectivity index (χ1n) is 12.3. The molecule has 0 aliphatic carbocycles. The Labute approximate surface area is 211 Å². The van der Waals surface area contributed by atoms with E-state index in [-0.39, 0.29) is 31.6 Å². The van der Waals surface area contributed by atoms with E-state index in [2.05, 4.69) is 13.2 Å². The van der Waals surface area contributed by atoms with Gasteiger partial charge < -0.3 is 29.1 Å². The zero-order chi connectivity index (χ0) is 26.0. The molecule has 2 bridgehead atoms. The van der Waals surface area contributed by atoms with Crippen LogP contribution in [0, 0.1) is 11.8 Å². The lowest BCUT2D eigenvalue weighted by molar-refractivity contribution is -0.154. The lowest BCUT2D eigenvalue weighted by atomic mass is 9.70. The van der Waals surface area contributed by atoms with Crippen LogP contribution in [0.3, 0.4) is 0 Å². The van der Waals surface area contributed by atoms with Crippen LogP contribution in [0.1, 0.15) is 26.2 Å². The molecular weight excluding hydrogens is 464 g/mol. The number of nitrogens with zero attached hydrogens (tertiary/aromatic N) is 2. The van der Waals surface area contributed by atoms with E-state index in [0.29, 0.717) is 30.7 Å². The minimum atomic E-state index is -1.18. The molecule has 3 fully saturated rings. The molecule has 36 heavy (non-hydrogen) atoms. The highest BCUT2D eigenvalue weighted by Gasteiger charge is 2.75. The number of carbonyl (C=O) groups excluding carboxylic acids is 3. The fraction of sp³-hybridized carbons (Fsp3) is 0.519. The fourth-order valence-electron chi connectivity index (χ4n) is 6.04. The fourth-order valence-corrected chi connectivity index (χ4v) is 6.04. The molecule has 1 spiro atoms. The second-order valence-electron chi connectivity index (χ2n) is 9.40. The molecule has 9 nitrogen and oxygen atoms in total. The Bertz CT molecular complexity index is 1020. The number of carbonyl (C=O) groups is 3. The highest BCUT2D eigenvalue weighted by atomic mass is 16.6. The quantitative estimate of drug-likeness (QED) is 0.368. The van der Waals surface area contributed by atoms with Gasteiger partial charge in [-0.15, -0.1) is 6.58 Å². The number of likely N-dealkylation sites (tertiary alicyclic amines) is 1. The topological polar surface area (TPSA) is 106 Å². The summed E-state index contributed by atoms with van der Waals surface area (Å²) < 4.78 is 17.0. The average Bonchev–Trinajstić information content (AvgIpc) is 3.54. The Morgan fingerprint density at radius 1 is 1.31 bits per heavy atom. The standard InChI is InChI=1S/C27H34N2O7/c1-5-14-28(18-8-10-19(34-4)11-9-18)25(32)23-27-13-12-20(36-27)21(26(33)35-15-6-2)22(27)24(31)29(23)17(7-3)16-30/h5-6,8-11,17,20-23,30H,1-2,7,12-16H2,3-4H3/t17-,20+,21-,22-,23?,27?/m0/s1. The van der Waals surface area contributed by atoms with Crippen molar-refractivity contribution in [1.82, 2.24) is 4.90 Å². The molecule has 0 saturated carbocycles. The Kier molecular flexibility index (Phi) is 7.51. The summed E-state index contributed by atoms with van der Waals surface area (Å²) in [6.45, 7) is 9.15. The molecule has 3 heterocycles. The van der Waals surface area contributed by atoms with E-state index in [1.54, 1.807) is 42.4 Å². The third-order valence-electron chi connectivity index (χ3n) is 7.62. The minimum Gasteiger partial charge on any atom is -0.497 e. The summed E-state index contributed by atoms with van der Waals surface area (Å²) in [7, 11) is 1.56. The summed E-state index contributed by atoms with van der Waals surface area (Å²) in [5.41, 5.74) is -0.565. The number of aliphatic hydroxyl groups is 1. The molecule has 194 valence electrons. The van der Waals surface area contributed by atoms with Gasteiger partial charge in [-0.1, -0.05) is 25.7 Å². The van der Waals surface area contributed by atoms with E-state index in [4.69, 9.17) is 14.2 Å². The second-order valence-corrected chi connectivity index (χ2v) is 9.40. The summed E-state index contributed by atoms with van der Waals surface area (Å²) in [6.07, 6.45) is 4.01. The van der Waals surface area contributed by atoms with Crippen molar-refractivity contribution in [2.24, 2.45) is 11.8 Å². The van der Waals surface area contributed by atoms with E-state index < -0.39 is 41.6 Å². The molecule has 4 rings (SSSR count). The molecule has 1 N–H and O–H groups in total.